The molecule has 1 aliphatic rings. The van der Waals surface area contributed by atoms with Crippen LogP contribution >= 0.6 is 0 Å². The molecule has 1 aliphatic carbocycles. The normalized spacial score (nSPS) is 14.9. The fraction of sp³-hybridized carbons (Fsp3) is 0.421. The monoisotopic (exact) mass is 369 g/mol. The number of nitrogens with one attached hydrogen (secondary N) is 1. The third-order valence-electron chi connectivity index (χ3n) is 4.48. The van der Waals surface area contributed by atoms with Gasteiger partial charge in [-0.25, -0.2) is 9.48 Å². The van der Waals surface area contributed by atoms with Crippen molar-refractivity contribution in [2.75, 3.05) is 6.54 Å². The molecule has 8 heteroatoms. The first kappa shape index (κ1) is 18.8. The number of rotatable bonds is 7. The SMILES string of the molecule is C[C@H](OC(=O)c1cccc(-n2cnnn2)c1)C(=O)NCCC1=CCCCC1. The largest absolute Gasteiger partial charge is 0.449 e. The average Bonchev–Trinajstić information content (AvgIpc) is 3.23. The van der Waals surface area contributed by atoms with Gasteiger partial charge in [0, 0.05) is 6.54 Å². The zero-order valence-corrected chi connectivity index (χ0v) is 15.3. The van der Waals surface area contributed by atoms with E-state index in [1.165, 1.54) is 29.4 Å². The van der Waals surface area contributed by atoms with Crippen LogP contribution < -0.4 is 5.32 Å². The van der Waals surface area contributed by atoms with Crippen molar-refractivity contribution in [1.29, 1.82) is 0 Å². The fourth-order valence-corrected chi connectivity index (χ4v) is 2.96. The highest BCUT2D eigenvalue weighted by molar-refractivity contribution is 5.92. The van der Waals surface area contributed by atoms with Crippen molar-refractivity contribution in [3.05, 3.63) is 47.8 Å². The number of benzene rings is 1. The molecule has 1 amide bonds. The minimum Gasteiger partial charge on any atom is -0.449 e. The van der Waals surface area contributed by atoms with Crippen molar-refractivity contribution >= 4 is 11.9 Å². The van der Waals surface area contributed by atoms with Gasteiger partial charge in [0.1, 0.15) is 6.33 Å². The van der Waals surface area contributed by atoms with Gasteiger partial charge in [-0.1, -0.05) is 17.7 Å². The Labute approximate surface area is 157 Å². The number of nitrogens with zero attached hydrogens (tertiary/aromatic N) is 4. The molecule has 8 nitrogen and oxygen atoms in total. The maximum atomic E-state index is 12.3. The minimum absolute atomic E-state index is 0.295. The maximum absolute atomic E-state index is 12.3. The maximum Gasteiger partial charge on any atom is 0.338 e. The van der Waals surface area contributed by atoms with Gasteiger partial charge in [0.25, 0.3) is 5.91 Å². The number of carbonyl (C=O) groups is 2. The third kappa shape index (κ3) is 5.22. The lowest BCUT2D eigenvalue weighted by molar-refractivity contribution is -0.129. The van der Waals surface area contributed by atoms with E-state index in [9.17, 15) is 9.59 Å². The number of esters is 1. The van der Waals surface area contributed by atoms with Crippen LogP contribution in [0.25, 0.3) is 5.69 Å². The number of hydrogen-bond acceptors (Lipinski definition) is 6. The van der Waals surface area contributed by atoms with Crippen LogP contribution in [0.1, 0.15) is 49.4 Å². The summed E-state index contributed by atoms with van der Waals surface area (Å²) in [5.41, 5.74) is 2.35. The Morgan fingerprint density at radius 3 is 2.96 bits per heavy atom. The summed E-state index contributed by atoms with van der Waals surface area (Å²) in [6.07, 6.45) is 8.38. The van der Waals surface area contributed by atoms with Crippen LogP contribution in [0.5, 0.6) is 0 Å². The van der Waals surface area contributed by atoms with E-state index in [2.05, 4.69) is 26.9 Å². The summed E-state index contributed by atoms with van der Waals surface area (Å²) in [5, 5.41) is 13.7. The summed E-state index contributed by atoms with van der Waals surface area (Å²) in [6.45, 7) is 2.12. The Balaban J connectivity index is 1.50. The topological polar surface area (TPSA) is 99.0 Å². The highest BCUT2D eigenvalue weighted by Gasteiger charge is 2.19. The van der Waals surface area contributed by atoms with E-state index < -0.39 is 12.1 Å². The molecule has 1 heterocycles. The predicted octanol–water partition coefficient (Wildman–Crippen LogP) is 2.21. The second-order valence-electron chi connectivity index (χ2n) is 6.50. The molecule has 142 valence electrons. The van der Waals surface area contributed by atoms with Crippen molar-refractivity contribution in [1.82, 2.24) is 25.5 Å². The molecule has 1 N–H and O–H groups in total. The Kier molecular flexibility index (Phi) is 6.30. The molecule has 0 unspecified atom stereocenters. The number of ether oxygens (including phenoxy) is 1. The first-order chi connectivity index (χ1) is 13.1. The molecule has 3 rings (SSSR count). The number of aromatic nitrogens is 4. The number of amides is 1. The molecule has 0 bridgehead atoms. The van der Waals surface area contributed by atoms with Crippen LogP contribution in [0, 0.1) is 0 Å². The fourth-order valence-electron chi connectivity index (χ4n) is 2.96. The lowest BCUT2D eigenvalue weighted by atomic mass is 9.97. The zero-order chi connectivity index (χ0) is 19.1. The number of carbonyl (C=O) groups excluding carboxylic acids is 2. The molecule has 1 atom stereocenters. The Morgan fingerprint density at radius 1 is 1.33 bits per heavy atom. The first-order valence-electron chi connectivity index (χ1n) is 9.13. The molecule has 27 heavy (non-hydrogen) atoms. The summed E-state index contributed by atoms with van der Waals surface area (Å²) >= 11 is 0. The molecule has 1 aromatic heterocycles. The van der Waals surface area contributed by atoms with Crippen LogP contribution in [0.3, 0.4) is 0 Å². The van der Waals surface area contributed by atoms with Gasteiger partial charge >= 0.3 is 5.97 Å². The Hall–Kier alpha value is -3.03. The molecule has 0 aliphatic heterocycles. The van der Waals surface area contributed by atoms with Gasteiger partial charge in [-0.3, -0.25) is 4.79 Å². The van der Waals surface area contributed by atoms with Gasteiger partial charge in [-0.05, 0) is 67.7 Å². The van der Waals surface area contributed by atoms with Gasteiger partial charge in [0.05, 0.1) is 11.3 Å². The van der Waals surface area contributed by atoms with Gasteiger partial charge in [0.2, 0.25) is 0 Å². The van der Waals surface area contributed by atoms with E-state index in [-0.39, 0.29) is 5.91 Å². The van der Waals surface area contributed by atoms with Crippen LogP contribution in [0.2, 0.25) is 0 Å². The van der Waals surface area contributed by atoms with Gasteiger partial charge < -0.3 is 10.1 Å². The smallest absolute Gasteiger partial charge is 0.338 e. The second-order valence-corrected chi connectivity index (χ2v) is 6.50. The van der Waals surface area contributed by atoms with Crippen molar-refractivity contribution in [2.24, 2.45) is 0 Å². The van der Waals surface area contributed by atoms with Crippen molar-refractivity contribution < 1.29 is 14.3 Å². The Bertz CT molecular complexity index is 817. The molecular formula is C19H23N5O3. The molecule has 0 radical (unpaired) electrons. The summed E-state index contributed by atoms with van der Waals surface area (Å²) in [4.78, 5) is 24.5. The zero-order valence-electron chi connectivity index (χ0n) is 15.3. The summed E-state index contributed by atoms with van der Waals surface area (Å²) in [7, 11) is 0. The highest BCUT2D eigenvalue weighted by Crippen LogP contribution is 2.19. The average molecular weight is 369 g/mol. The van der Waals surface area contributed by atoms with E-state index in [0.717, 1.165) is 19.3 Å². The quantitative estimate of drug-likeness (QED) is 0.593. The van der Waals surface area contributed by atoms with E-state index in [4.69, 9.17) is 4.74 Å². The Morgan fingerprint density at radius 2 is 2.22 bits per heavy atom. The van der Waals surface area contributed by atoms with E-state index >= 15 is 0 Å². The second kappa shape index (κ2) is 9.07. The third-order valence-corrected chi connectivity index (χ3v) is 4.48. The van der Waals surface area contributed by atoms with Gasteiger partial charge in [0.15, 0.2) is 6.10 Å². The summed E-state index contributed by atoms with van der Waals surface area (Å²) in [5.74, 6) is -0.862. The van der Waals surface area contributed by atoms with Crippen LogP contribution in [0.4, 0.5) is 0 Å². The van der Waals surface area contributed by atoms with Crippen LogP contribution in [-0.2, 0) is 9.53 Å². The molecular weight excluding hydrogens is 346 g/mol. The van der Waals surface area contributed by atoms with Gasteiger partial charge in [-0.15, -0.1) is 5.10 Å². The molecule has 2 aromatic rings. The first-order valence-corrected chi connectivity index (χ1v) is 9.13. The molecule has 1 aromatic carbocycles. The lowest BCUT2D eigenvalue weighted by Crippen LogP contribution is -2.36. The van der Waals surface area contributed by atoms with Crippen LogP contribution in [0.15, 0.2) is 42.2 Å². The molecule has 0 spiro atoms. The summed E-state index contributed by atoms with van der Waals surface area (Å²) in [6, 6.07) is 6.70. The van der Waals surface area contributed by atoms with Crippen molar-refractivity contribution in [3.8, 4) is 5.69 Å². The number of hydrogen-bond donors (Lipinski definition) is 1. The van der Waals surface area contributed by atoms with E-state index in [0.29, 0.717) is 17.8 Å². The molecule has 0 fully saturated rings. The molecule has 0 saturated heterocycles. The predicted molar refractivity (Wildman–Crippen MR) is 98.2 cm³/mol. The van der Waals surface area contributed by atoms with Crippen LogP contribution in [-0.4, -0.2) is 44.7 Å². The minimum atomic E-state index is -0.866. The van der Waals surface area contributed by atoms with E-state index in [1.54, 1.807) is 31.2 Å². The number of tetrazole rings is 1. The van der Waals surface area contributed by atoms with Crippen molar-refractivity contribution in [3.63, 3.8) is 0 Å². The number of allylic oxidation sites excluding steroid dienone is 1. The lowest BCUT2D eigenvalue weighted by Gasteiger charge is -2.16. The highest BCUT2D eigenvalue weighted by atomic mass is 16.5. The summed E-state index contributed by atoms with van der Waals surface area (Å²) < 4.78 is 6.72. The standard InChI is InChI=1S/C19H23N5O3/c1-14(18(25)20-11-10-15-6-3-2-4-7-15)27-19(26)16-8-5-9-17(12-16)24-13-21-22-23-24/h5-6,8-9,12-14H,2-4,7,10-11H2,1H3,(H,20,25)/t14-/m0/s1. The molecule has 0 saturated carbocycles. The van der Waals surface area contributed by atoms with Gasteiger partial charge in [-0.2, -0.15) is 0 Å². The van der Waals surface area contributed by atoms with Crippen molar-refractivity contribution in [2.45, 2.75) is 45.1 Å². The van der Waals surface area contributed by atoms with E-state index in [1.807, 2.05) is 0 Å².